The minimum Gasteiger partial charge on any atom is -0.338 e. The SMILES string of the molecule is CC(C)(C)n1ncc2c1CCN(C(=O)CCCN1C(=O)c3ccccc3C1=O)C2. The van der Waals surface area contributed by atoms with Crippen LogP contribution in [-0.4, -0.2) is 50.4 Å². The third-order valence-corrected chi connectivity index (χ3v) is 5.57. The standard InChI is InChI=1S/C22H26N4O3/c1-22(2,3)26-18-10-12-24(14-15(18)13-23-26)19(27)9-6-11-25-20(28)16-7-4-5-8-17(16)21(25)29/h4-5,7-8,13H,6,9-12,14H2,1-3H3. The molecular weight excluding hydrogens is 368 g/mol. The molecule has 0 spiro atoms. The van der Waals surface area contributed by atoms with Gasteiger partial charge in [-0.1, -0.05) is 12.1 Å². The van der Waals surface area contributed by atoms with Crippen LogP contribution in [0.5, 0.6) is 0 Å². The summed E-state index contributed by atoms with van der Waals surface area (Å²) in [5.74, 6) is -0.485. The monoisotopic (exact) mass is 394 g/mol. The average Bonchev–Trinajstić information content (AvgIpc) is 3.22. The van der Waals surface area contributed by atoms with Gasteiger partial charge in [-0.3, -0.25) is 24.0 Å². The minimum atomic E-state index is -0.268. The Kier molecular flexibility index (Phi) is 4.76. The first kappa shape index (κ1) is 19.4. The van der Waals surface area contributed by atoms with Crippen molar-refractivity contribution in [2.75, 3.05) is 13.1 Å². The van der Waals surface area contributed by atoms with E-state index in [1.165, 1.54) is 10.6 Å². The Hall–Kier alpha value is -2.96. The highest BCUT2D eigenvalue weighted by Crippen LogP contribution is 2.25. The second-order valence-electron chi connectivity index (χ2n) is 8.68. The van der Waals surface area contributed by atoms with E-state index in [2.05, 4.69) is 25.9 Å². The summed E-state index contributed by atoms with van der Waals surface area (Å²) < 4.78 is 2.05. The average molecular weight is 394 g/mol. The van der Waals surface area contributed by atoms with Gasteiger partial charge in [0.05, 0.1) is 22.9 Å². The van der Waals surface area contributed by atoms with E-state index in [0.29, 0.717) is 37.1 Å². The minimum absolute atomic E-state index is 0.0516. The first-order valence-electron chi connectivity index (χ1n) is 10.1. The highest BCUT2D eigenvalue weighted by Gasteiger charge is 2.35. The fourth-order valence-corrected chi connectivity index (χ4v) is 4.11. The van der Waals surface area contributed by atoms with Crippen LogP contribution in [0.1, 0.15) is 65.6 Å². The normalized spacial score (nSPS) is 16.2. The molecule has 2 aliphatic heterocycles. The van der Waals surface area contributed by atoms with E-state index in [1.807, 2.05) is 15.8 Å². The Balaban J connectivity index is 1.33. The summed E-state index contributed by atoms with van der Waals surface area (Å²) in [5, 5.41) is 4.51. The smallest absolute Gasteiger partial charge is 0.261 e. The number of carbonyl (C=O) groups is 3. The summed E-state index contributed by atoms with van der Waals surface area (Å²) in [5.41, 5.74) is 3.12. The van der Waals surface area contributed by atoms with Gasteiger partial charge in [0.2, 0.25) is 5.91 Å². The molecule has 0 N–H and O–H groups in total. The Morgan fingerprint density at radius 3 is 2.38 bits per heavy atom. The highest BCUT2D eigenvalue weighted by atomic mass is 16.2. The maximum Gasteiger partial charge on any atom is 0.261 e. The number of benzene rings is 1. The Morgan fingerprint density at radius 2 is 1.76 bits per heavy atom. The Labute approximate surface area is 170 Å². The molecule has 1 aromatic heterocycles. The van der Waals surface area contributed by atoms with Gasteiger partial charge in [-0.15, -0.1) is 0 Å². The summed E-state index contributed by atoms with van der Waals surface area (Å²) in [6.45, 7) is 7.86. The van der Waals surface area contributed by atoms with Gasteiger partial charge in [0.25, 0.3) is 11.8 Å². The summed E-state index contributed by atoms with van der Waals surface area (Å²) >= 11 is 0. The summed E-state index contributed by atoms with van der Waals surface area (Å²) in [7, 11) is 0. The molecule has 4 rings (SSSR count). The molecule has 3 heterocycles. The molecule has 0 bridgehead atoms. The van der Waals surface area contributed by atoms with Crippen LogP contribution in [0.3, 0.4) is 0 Å². The van der Waals surface area contributed by atoms with Crippen LogP contribution in [0.25, 0.3) is 0 Å². The Bertz CT molecular complexity index is 951. The molecule has 0 fully saturated rings. The molecule has 1 aromatic carbocycles. The zero-order valence-corrected chi connectivity index (χ0v) is 17.1. The first-order valence-corrected chi connectivity index (χ1v) is 10.1. The molecule has 7 nitrogen and oxygen atoms in total. The van der Waals surface area contributed by atoms with Crippen molar-refractivity contribution in [3.8, 4) is 0 Å². The number of hydrogen-bond donors (Lipinski definition) is 0. The van der Waals surface area contributed by atoms with Crippen LogP contribution in [0, 0.1) is 0 Å². The van der Waals surface area contributed by atoms with E-state index in [4.69, 9.17) is 0 Å². The topological polar surface area (TPSA) is 75.5 Å². The molecule has 0 unspecified atom stereocenters. The largest absolute Gasteiger partial charge is 0.338 e. The second-order valence-corrected chi connectivity index (χ2v) is 8.68. The van der Waals surface area contributed by atoms with Gasteiger partial charge in [-0.2, -0.15) is 5.10 Å². The molecule has 2 aliphatic rings. The summed E-state index contributed by atoms with van der Waals surface area (Å²) in [6, 6.07) is 6.85. The van der Waals surface area contributed by atoms with E-state index >= 15 is 0 Å². The van der Waals surface area contributed by atoms with Gasteiger partial charge in [0, 0.05) is 43.7 Å². The van der Waals surface area contributed by atoms with E-state index in [0.717, 1.165) is 12.0 Å². The fraction of sp³-hybridized carbons (Fsp3) is 0.455. The van der Waals surface area contributed by atoms with Crippen molar-refractivity contribution >= 4 is 17.7 Å². The number of fused-ring (bicyclic) bond motifs is 2. The fourth-order valence-electron chi connectivity index (χ4n) is 4.11. The second kappa shape index (κ2) is 7.13. The van der Waals surface area contributed by atoms with Crippen molar-refractivity contribution in [3.63, 3.8) is 0 Å². The highest BCUT2D eigenvalue weighted by molar-refractivity contribution is 6.21. The third-order valence-electron chi connectivity index (χ3n) is 5.57. The number of rotatable bonds is 4. The molecule has 0 atom stereocenters. The molecular formula is C22H26N4O3. The Morgan fingerprint density at radius 1 is 1.10 bits per heavy atom. The number of nitrogens with zero attached hydrogens (tertiary/aromatic N) is 4. The van der Waals surface area contributed by atoms with Crippen molar-refractivity contribution in [2.24, 2.45) is 0 Å². The number of carbonyl (C=O) groups excluding carboxylic acids is 3. The predicted molar refractivity (Wildman–Crippen MR) is 107 cm³/mol. The zero-order chi connectivity index (χ0) is 20.8. The lowest BCUT2D eigenvalue weighted by molar-refractivity contribution is -0.132. The quantitative estimate of drug-likeness (QED) is 0.747. The number of amides is 3. The van der Waals surface area contributed by atoms with Gasteiger partial charge in [-0.25, -0.2) is 0 Å². The van der Waals surface area contributed by atoms with Crippen LogP contribution in [0.2, 0.25) is 0 Å². The van der Waals surface area contributed by atoms with Gasteiger partial charge < -0.3 is 4.90 Å². The van der Waals surface area contributed by atoms with E-state index in [-0.39, 0.29) is 29.8 Å². The molecule has 0 saturated heterocycles. The molecule has 3 amide bonds. The number of aromatic nitrogens is 2. The zero-order valence-electron chi connectivity index (χ0n) is 17.1. The first-order chi connectivity index (χ1) is 13.8. The maximum absolute atomic E-state index is 12.7. The molecule has 0 aliphatic carbocycles. The molecule has 7 heteroatoms. The summed E-state index contributed by atoms with van der Waals surface area (Å²) in [6.07, 6.45) is 3.43. The lowest BCUT2D eigenvalue weighted by atomic mass is 10.0. The van der Waals surface area contributed by atoms with Gasteiger partial charge in [-0.05, 0) is 39.3 Å². The van der Waals surface area contributed by atoms with Gasteiger partial charge in [0.15, 0.2) is 0 Å². The lowest BCUT2D eigenvalue weighted by Gasteiger charge is -2.30. The number of hydrogen-bond acceptors (Lipinski definition) is 4. The third kappa shape index (κ3) is 3.45. The van der Waals surface area contributed by atoms with Crippen molar-refractivity contribution in [1.29, 1.82) is 0 Å². The van der Waals surface area contributed by atoms with E-state index in [9.17, 15) is 14.4 Å². The van der Waals surface area contributed by atoms with Crippen molar-refractivity contribution in [2.45, 2.75) is 52.1 Å². The molecule has 29 heavy (non-hydrogen) atoms. The van der Waals surface area contributed by atoms with Gasteiger partial charge in [0.1, 0.15) is 0 Å². The van der Waals surface area contributed by atoms with E-state index < -0.39 is 0 Å². The molecule has 0 saturated carbocycles. The van der Waals surface area contributed by atoms with Crippen molar-refractivity contribution < 1.29 is 14.4 Å². The van der Waals surface area contributed by atoms with Crippen molar-refractivity contribution in [1.82, 2.24) is 19.6 Å². The van der Waals surface area contributed by atoms with Crippen LogP contribution in [-0.2, 0) is 23.3 Å². The predicted octanol–water partition coefficient (Wildman–Crippen LogP) is 2.60. The molecule has 2 aromatic rings. The van der Waals surface area contributed by atoms with E-state index in [1.54, 1.807) is 24.3 Å². The van der Waals surface area contributed by atoms with Crippen LogP contribution >= 0.6 is 0 Å². The van der Waals surface area contributed by atoms with Gasteiger partial charge >= 0.3 is 0 Å². The van der Waals surface area contributed by atoms with Crippen LogP contribution in [0.15, 0.2) is 30.5 Å². The summed E-state index contributed by atoms with van der Waals surface area (Å²) in [4.78, 5) is 40.6. The maximum atomic E-state index is 12.7. The molecule has 0 radical (unpaired) electrons. The molecule has 152 valence electrons. The van der Waals surface area contributed by atoms with Crippen LogP contribution < -0.4 is 0 Å². The number of imide groups is 1. The van der Waals surface area contributed by atoms with Crippen molar-refractivity contribution in [3.05, 3.63) is 52.8 Å². The van der Waals surface area contributed by atoms with Crippen LogP contribution in [0.4, 0.5) is 0 Å². The lowest BCUT2D eigenvalue weighted by Crippen LogP contribution is -2.38.